The lowest BCUT2D eigenvalue weighted by molar-refractivity contribution is 0.302. The molecule has 1 N–H and O–H groups in total. The van der Waals surface area contributed by atoms with E-state index < -0.39 is 0 Å². The lowest BCUT2D eigenvalue weighted by atomic mass is 10.1. The van der Waals surface area contributed by atoms with Gasteiger partial charge in [-0.2, -0.15) is 0 Å². The largest absolute Gasteiger partial charge is 0.311 e. The van der Waals surface area contributed by atoms with Gasteiger partial charge in [-0.1, -0.05) is 43.6 Å². The minimum Gasteiger partial charge on any atom is -0.311 e. The zero-order valence-corrected chi connectivity index (χ0v) is 14.1. The molecule has 0 fully saturated rings. The topological polar surface area (TPSA) is 28.2 Å². The summed E-state index contributed by atoms with van der Waals surface area (Å²) in [6, 6.07) is 12.0. The molecule has 0 saturated carbocycles. The Morgan fingerprint density at radius 1 is 1.05 bits per heavy atom. The molecule has 0 aliphatic carbocycles. The van der Waals surface area contributed by atoms with Crippen molar-refractivity contribution in [1.29, 1.82) is 0 Å². The molecule has 0 bridgehead atoms. The lowest BCUT2D eigenvalue weighted by Gasteiger charge is -2.17. The molecule has 1 heterocycles. The number of nitrogens with one attached hydrogen (secondary N) is 1. The van der Waals surface area contributed by atoms with Crippen molar-refractivity contribution in [2.75, 3.05) is 26.2 Å². The summed E-state index contributed by atoms with van der Waals surface area (Å²) in [7, 11) is 0. The van der Waals surface area contributed by atoms with Gasteiger partial charge in [0.1, 0.15) is 0 Å². The molecule has 3 nitrogen and oxygen atoms in total. The van der Waals surface area contributed by atoms with E-state index in [1.165, 1.54) is 5.56 Å². The second kappa shape index (κ2) is 8.89. The Morgan fingerprint density at radius 3 is 2.36 bits per heavy atom. The van der Waals surface area contributed by atoms with E-state index in [-0.39, 0.29) is 0 Å². The smallest absolute Gasteiger partial charge is 0.0702 e. The molecule has 4 heteroatoms. The number of pyridine rings is 1. The monoisotopic (exact) mass is 317 g/mol. The van der Waals surface area contributed by atoms with Gasteiger partial charge in [-0.05, 0) is 36.9 Å². The van der Waals surface area contributed by atoms with E-state index in [2.05, 4.69) is 41.2 Å². The molecule has 0 spiro atoms. The third-order valence-corrected chi connectivity index (χ3v) is 4.05. The SMILES string of the molecule is CCN(CC)CCNCc1ccc(-c2ccc(Cl)cc2)nc1. The maximum absolute atomic E-state index is 5.91. The molecule has 1 aromatic heterocycles. The first-order valence-electron chi connectivity index (χ1n) is 7.87. The van der Waals surface area contributed by atoms with Gasteiger partial charge in [0, 0.05) is 36.4 Å². The third kappa shape index (κ3) is 5.09. The van der Waals surface area contributed by atoms with Gasteiger partial charge >= 0.3 is 0 Å². The highest BCUT2D eigenvalue weighted by Gasteiger charge is 2.01. The summed E-state index contributed by atoms with van der Waals surface area (Å²) in [6.07, 6.45) is 1.94. The van der Waals surface area contributed by atoms with Crippen LogP contribution in [0.25, 0.3) is 11.3 Å². The molecule has 118 valence electrons. The van der Waals surface area contributed by atoms with Crippen molar-refractivity contribution in [2.45, 2.75) is 20.4 Å². The third-order valence-electron chi connectivity index (χ3n) is 3.79. The average Bonchev–Trinajstić information content (AvgIpc) is 2.56. The summed E-state index contributed by atoms with van der Waals surface area (Å²) in [5.74, 6) is 0. The maximum atomic E-state index is 5.91. The molecule has 22 heavy (non-hydrogen) atoms. The second-order valence-electron chi connectivity index (χ2n) is 5.26. The molecule has 1 aromatic carbocycles. The van der Waals surface area contributed by atoms with Crippen LogP contribution in [0, 0.1) is 0 Å². The maximum Gasteiger partial charge on any atom is 0.0702 e. The van der Waals surface area contributed by atoms with Crippen LogP contribution in [-0.2, 0) is 6.54 Å². The number of aromatic nitrogens is 1. The first-order valence-corrected chi connectivity index (χ1v) is 8.24. The van der Waals surface area contributed by atoms with Crippen molar-refractivity contribution in [2.24, 2.45) is 0 Å². The standard InChI is InChI=1S/C18H24ClN3/c1-3-22(4-2)12-11-20-13-15-5-10-18(21-14-15)16-6-8-17(19)9-7-16/h5-10,14,20H,3-4,11-13H2,1-2H3. The summed E-state index contributed by atoms with van der Waals surface area (Å²) >= 11 is 5.91. The summed E-state index contributed by atoms with van der Waals surface area (Å²) in [5, 5.41) is 4.22. The highest BCUT2D eigenvalue weighted by Crippen LogP contribution is 2.19. The normalized spacial score (nSPS) is 11.1. The summed E-state index contributed by atoms with van der Waals surface area (Å²) < 4.78 is 0. The van der Waals surface area contributed by atoms with Crippen LogP contribution in [0.15, 0.2) is 42.6 Å². The Bertz CT molecular complexity index is 548. The molecule has 0 atom stereocenters. The predicted molar refractivity (Wildman–Crippen MR) is 94.2 cm³/mol. The van der Waals surface area contributed by atoms with Gasteiger partial charge < -0.3 is 10.2 Å². The average molecular weight is 318 g/mol. The van der Waals surface area contributed by atoms with Crippen molar-refractivity contribution in [3.05, 3.63) is 53.2 Å². The molecule has 0 amide bonds. The molecule has 2 aromatic rings. The minimum absolute atomic E-state index is 0.748. The van der Waals surface area contributed by atoms with E-state index >= 15 is 0 Å². The fourth-order valence-electron chi connectivity index (χ4n) is 2.33. The van der Waals surface area contributed by atoms with Crippen LogP contribution in [0.1, 0.15) is 19.4 Å². The minimum atomic E-state index is 0.748. The molecule has 0 aliphatic heterocycles. The van der Waals surface area contributed by atoms with Crippen molar-refractivity contribution in [3.8, 4) is 11.3 Å². The van der Waals surface area contributed by atoms with Crippen molar-refractivity contribution >= 4 is 11.6 Å². The Balaban J connectivity index is 1.83. The van der Waals surface area contributed by atoms with Crippen LogP contribution in [0.5, 0.6) is 0 Å². The Hall–Kier alpha value is -1.42. The van der Waals surface area contributed by atoms with Crippen molar-refractivity contribution in [3.63, 3.8) is 0 Å². The van der Waals surface area contributed by atoms with Crippen LogP contribution in [-0.4, -0.2) is 36.1 Å². The van der Waals surface area contributed by atoms with Gasteiger partial charge in [0.25, 0.3) is 0 Å². The number of halogens is 1. The highest BCUT2D eigenvalue weighted by molar-refractivity contribution is 6.30. The molecular formula is C18H24ClN3. The number of nitrogens with zero attached hydrogens (tertiary/aromatic N) is 2. The van der Waals surface area contributed by atoms with E-state index in [0.717, 1.165) is 49.0 Å². The Morgan fingerprint density at radius 2 is 1.77 bits per heavy atom. The summed E-state index contributed by atoms with van der Waals surface area (Å²) in [5.41, 5.74) is 3.27. The van der Waals surface area contributed by atoms with Gasteiger partial charge in [0.05, 0.1) is 5.69 Å². The van der Waals surface area contributed by atoms with Gasteiger partial charge in [-0.15, -0.1) is 0 Å². The highest BCUT2D eigenvalue weighted by atomic mass is 35.5. The number of hydrogen-bond acceptors (Lipinski definition) is 3. The molecule has 2 rings (SSSR count). The number of likely N-dealkylation sites (N-methyl/N-ethyl adjacent to an activating group) is 1. The summed E-state index contributed by atoms with van der Waals surface area (Å²) in [4.78, 5) is 6.94. The Labute approximate surface area is 138 Å². The first-order chi connectivity index (χ1) is 10.7. The van der Waals surface area contributed by atoms with E-state index in [4.69, 9.17) is 11.6 Å². The quantitative estimate of drug-likeness (QED) is 0.750. The van der Waals surface area contributed by atoms with Crippen LogP contribution in [0.3, 0.4) is 0 Å². The zero-order chi connectivity index (χ0) is 15.8. The van der Waals surface area contributed by atoms with Gasteiger partial charge in [0.15, 0.2) is 0 Å². The molecule has 0 unspecified atom stereocenters. The predicted octanol–water partition coefficient (Wildman–Crippen LogP) is 3.83. The molecule has 0 aliphatic rings. The van der Waals surface area contributed by atoms with Crippen LogP contribution >= 0.6 is 11.6 Å². The van der Waals surface area contributed by atoms with E-state index in [1.807, 2.05) is 30.5 Å². The lowest BCUT2D eigenvalue weighted by Crippen LogP contribution is -2.31. The molecular weight excluding hydrogens is 294 g/mol. The first kappa shape index (κ1) is 16.9. The van der Waals surface area contributed by atoms with Crippen molar-refractivity contribution < 1.29 is 0 Å². The number of hydrogen-bond donors (Lipinski definition) is 1. The van der Waals surface area contributed by atoms with Gasteiger partial charge in [0.2, 0.25) is 0 Å². The van der Waals surface area contributed by atoms with Crippen LogP contribution < -0.4 is 5.32 Å². The fourth-order valence-corrected chi connectivity index (χ4v) is 2.46. The molecule has 0 radical (unpaired) electrons. The fraction of sp³-hybridized carbons (Fsp3) is 0.389. The Kier molecular flexibility index (Phi) is 6.84. The van der Waals surface area contributed by atoms with Crippen LogP contribution in [0.2, 0.25) is 5.02 Å². The van der Waals surface area contributed by atoms with Gasteiger partial charge in [-0.3, -0.25) is 4.98 Å². The number of rotatable bonds is 8. The van der Waals surface area contributed by atoms with E-state index in [9.17, 15) is 0 Å². The second-order valence-corrected chi connectivity index (χ2v) is 5.70. The zero-order valence-electron chi connectivity index (χ0n) is 13.3. The summed E-state index contributed by atoms with van der Waals surface area (Å²) in [6.45, 7) is 9.55. The van der Waals surface area contributed by atoms with Gasteiger partial charge in [-0.25, -0.2) is 0 Å². The number of benzene rings is 1. The van der Waals surface area contributed by atoms with Crippen molar-refractivity contribution in [1.82, 2.24) is 15.2 Å². The van der Waals surface area contributed by atoms with E-state index in [1.54, 1.807) is 0 Å². The molecule has 0 saturated heterocycles. The van der Waals surface area contributed by atoms with E-state index in [0.29, 0.717) is 0 Å². The van der Waals surface area contributed by atoms with Crippen LogP contribution in [0.4, 0.5) is 0 Å².